The maximum atomic E-state index is 12.3. The molecule has 1 aromatic heterocycles. The van der Waals surface area contributed by atoms with Crippen LogP contribution in [0.4, 0.5) is 0 Å². The zero-order chi connectivity index (χ0) is 17.5. The molecule has 0 bridgehead atoms. The Morgan fingerprint density at radius 2 is 2.32 bits per heavy atom. The van der Waals surface area contributed by atoms with Crippen LogP contribution in [-0.2, 0) is 16.1 Å². The van der Waals surface area contributed by atoms with E-state index in [4.69, 9.17) is 9.47 Å². The summed E-state index contributed by atoms with van der Waals surface area (Å²) in [6.45, 7) is 4.25. The lowest BCUT2D eigenvalue weighted by Gasteiger charge is -2.24. The van der Waals surface area contributed by atoms with Gasteiger partial charge in [0.2, 0.25) is 0 Å². The quantitative estimate of drug-likeness (QED) is 0.839. The first-order valence-electron chi connectivity index (χ1n) is 8.48. The summed E-state index contributed by atoms with van der Waals surface area (Å²) in [5.74, 6) is 0.652. The highest BCUT2D eigenvalue weighted by Gasteiger charge is 2.23. The monoisotopic (exact) mass is 341 g/mol. The minimum absolute atomic E-state index is 0.0977. The Morgan fingerprint density at radius 3 is 3.08 bits per heavy atom. The van der Waals surface area contributed by atoms with Gasteiger partial charge in [-0.1, -0.05) is 18.2 Å². The Morgan fingerprint density at radius 1 is 1.40 bits per heavy atom. The second-order valence-corrected chi connectivity index (χ2v) is 5.98. The number of hydrogen-bond acceptors (Lipinski definition) is 5. The first-order valence-corrected chi connectivity index (χ1v) is 8.48. The van der Waals surface area contributed by atoms with E-state index in [2.05, 4.69) is 15.6 Å². The number of aromatic nitrogens is 1. The highest BCUT2D eigenvalue weighted by Crippen LogP contribution is 2.20. The molecule has 1 amide bonds. The van der Waals surface area contributed by atoms with E-state index < -0.39 is 6.10 Å². The number of pyridine rings is 1. The van der Waals surface area contributed by atoms with Gasteiger partial charge in [-0.15, -0.1) is 0 Å². The molecule has 2 aromatic rings. The zero-order valence-corrected chi connectivity index (χ0v) is 14.3. The second-order valence-electron chi connectivity index (χ2n) is 5.98. The molecular formula is C19H23N3O3. The largest absolute Gasteiger partial charge is 0.487 e. The van der Waals surface area contributed by atoms with Crippen molar-refractivity contribution in [1.82, 2.24) is 15.6 Å². The number of ether oxygens (including phenoxy) is 2. The summed E-state index contributed by atoms with van der Waals surface area (Å²) in [7, 11) is 0. The molecule has 6 heteroatoms. The van der Waals surface area contributed by atoms with Crippen LogP contribution in [0.5, 0.6) is 5.75 Å². The predicted molar refractivity (Wildman–Crippen MR) is 94.2 cm³/mol. The molecule has 0 spiro atoms. The Bertz CT molecular complexity index is 687. The topological polar surface area (TPSA) is 72.5 Å². The minimum atomic E-state index is -0.431. The highest BCUT2D eigenvalue weighted by atomic mass is 16.5. The van der Waals surface area contributed by atoms with Crippen molar-refractivity contribution in [2.45, 2.75) is 25.7 Å². The summed E-state index contributed by atoms with van der Waals surface area (Å²) in [5, 5.41) is 6.15. The number of nitrogens with zero attached hydrogens (tertiary/aromatic N) is 1. The van der Waals surface area contributed by atoms with E-state index in [1.165, 1.54) is 0 Å². The molecule has 1 aliphatic heterocycles. The SMILES string of the molecule is CC(NC(=O)C1CNCCO1)c1cccc(OCc2ccccn2)c1. The minimum Gasteiger partial charge on any atom is -0.487 e. The standard InChI is InChI=1S/C19H23N3O3/c1-14(22-19(23)18-12-20-9-10-24-18)15-5-4-7-17(11-15)25-13-16-6-2-3-8-21-16/h2-8,11,14,18,20H,9-10,12-13H2,1H3,(H,22,23). The van der Waals surface area contributed by atoms with E-state index in [0.717, 1.165) is 23.6 Å². The number of rotatable bonds is 6. The maximum Gasteiger partial charge on any atom is 0.250 e. The molecule has 2 heterocycles. The summed E-state index contributed by atoms with van der Waals surface area (Å²) >= 11 is 0. The summed E-state index contributed by atoms with van der Waals surface area (Å²) in [5.41, 5.74) is 1.85. The molecule has 132 valence electrons. The van der Waals surface area contributed by atoms with E-state index >= 15 is 0 Å². The number of hydrogen-bond donors (Lipinski definition) is 2. The molecule has 6 nitrogen and oxygen atoms in total. The molecule has 2 N–H and O–H groups in total. The van der Waals surface area contributed by atoms with Crippen LogP contribution in [0.15, 0.2) is 48.7 Å². The van der Waals surface area contributed by atoms with Gasteiger partial charge in [-0.25, -0.2) is 0 Å². The van der Waals surface area contributed by atoms with Crippen molar-refractivity contribution < 1.29 is 14.3 Å². The van der Waals surface area contributed by atoms with Gasteiger partial charge in [0.1, 0.15) is 18.5 Å². The van der Waals surface area contributed by atoms with Crippen molar-refractivity contribution in [2.75, 3.05) is 19.7 Å². The first kappa shape index (κ1) is 17.4. The van der Waals surface area contributed by atoms with Crippen molar-refractivity contribution in [3.8, 4) is 5.75 Å². The lowest BCUT2D eigenvalue weighted by molar-refractivity contribution is -0.134. The number of morpholine rings is 1. The van der Waals surface area contributed by atoms with Crippen molar-refractivity contribution in [3.63, 3.8) is 0 Å². The number of benzene rings is 1. The Labute approximate surface area is 147 Å². The van der Waals surface area contributed by atoms with E-state index in [1.54, 1.807) is 6.20 Å². The molecule has 0 radical (unpaired) electrons. The van der Waals surface area contributed by atoms with Crippen LogP contribution in [0.2, 0.25) is 0 Å². The maximum absolute atomic E-state index is 12.3. The number of carbonyl (C=O) groups excluding carboxylic acids is 1. The lowest BCUT2D eigenvalue weighted by atomic mass is 10.1. The van der Waals surface area contributed by atoms with Crippen LogP contribution < -0.4 is 15.4 Å². The molecule has 0 aliphatic carbocycles. The van der Waals surface area contributed by atoms with Crippen LogP contribution in [0.3, 0.4) is 0 Å². The molecule has 0 saturated carbocycles. The average molecular weight is 341 g/mol. The van der Waals surface area contributed by atoms with Gasteiger partial charge in [0, 0.05) is 19.3 Å². The van der Waals surface area contributed by atoms with E-state index in [-0.39, 0.29) is 11.9 Å². The molecule has 1 aliphatic rings. The van der Waals surface area contributed by atoms with E-state index in [0.29, 0.717) is 19.8 Å². The molecule has 3 rings (SSSR count). The summed E-state index contributed by atoms with van der Waals surface area (Å²) in [4.78, 5) is 16.5. The van der Waals surface area contributed by atoms with Crippen LogP contribution in [0, 0.1) is 0 Å². The van der Waals surface area contributed by atoms with Gasteiger partial charge >= 0.3 is 0 Å². The summed E-state index contributed by atoms with van der Waals surface area (Å²) in [6, 6.07) is 13.3. The Balaban J connectivity index is 1.57. The third-order valence-electron chi connectivity index (χ3n) is 4.05. The van der Waals surface area contributed by atoms with Crippen molar-refractivity contribution in [2.24, 2.45) is 0 Å². The lowest BCUT2D eigenvalue weighted by Crippen LogP contribution is -2.48. The van der Waals surface area contributed by atoms with Crippen molar-refractivity contribution in [3.05, 3.63) is 59.9 Å². The molecule has 1 aromatic carbocycles. The third-order valence-corrected chi connectivity index (χ3v) is 4.05. The van der Waals surface area contributed by atoms with E-state index in [9.17, 15) is 4.79 Å². The van der Waals surface area contributed by atoms with Gasteiger partial charge in [0.15, 0.2) is 0 Å². The van der Waals surface area contributed by atoms with Crippen LogP contribution in [0.25, 0.3) is 0 Å². The molecule has 2 unspecified atom stereocenters. The van der Waals surface area contributed by atoms with Gasteiger partial charge < -0.3 is 20.1 Å². The summed E-state index contributed by atoms with van der Waals surface area (Å²) < 4.78 is 11.3. The number of nitrogens with one attached hydrogen (secondary N) is 2. The molecule has 1 saturated heterocycles. The smallest absolute Gasteiger partial charge is 0.250 e. The molecule has 2 atom stereocenters. The second kappa shape index (κ2) is 8.60. The van der Waals surface area contributed by atoms with Gasteiger partial charge in [0.05, 0.1) is 18.3 Å². The predicted octanol–water partition coefficient (Wildman–Crippen LogP) is 1.83. The highest BCUT2D eigenvalue weighted by molar-refractivity contribution is 5.81. The van der Waals surface area contributed by atoms with E-state index in [1.807, 2.05) is 49.4 Å². The van der Waals surface area contributed by atoms with Crippen LogP contribution in [-0.4, -0.2) is 36.7 Å². The fraction of sp³-hybridized carbons (Fsp3) is 0.368. The van der Waals surface area contributed by atoms with Gasteiger partial charge in [-0.2, -0.15) is 0 Å². The van der Waals surface area contributed by atoms with Gasteiger partial charge in [-0.3, -0.25) is 9.78 Å². The number of amides is 1. The van der Waals surface area contributed by atoms with Crippen molar-refractivity contribution >= 4 is 5.91 Å². The molecular weight excluding hydrogens is 318 g/mol. The normalized spacial score (nSPS) is 18.4. The molecule has 1 fully saturated rings. The number of carbonyl (C=O) groups is 1. The fourth-order valence-corrected chi connectivity index (χ4v) is 2.64. The summed E-state index contributed by atoms with van der Waals surface area (Å²) in [6.07, 6.45) is 1.31. The zero-order valence-electron chi connectivity index (χ0n) is 14.3. The third kappa shape index (κ3) is 5.01. The average Bonchev–Trinajstić information content (AvgIpc) is 2.68. The van der Waals surface area contributed by atoms with Crippen LogP contribution in [0.1, 0.15) is 24.2 Å². The van der Waals surface area contributed by atoms with Crippen molar-refractivity contribution in [1.29, 1.82) is 0 Å². The fourth-order valence-electron chi connectivity index (χ4n) is 2.64. The first-order chi connectivity index (χ1) is 12.2. The Kier molecular flexibility index (Phi) is 5.98. The molecule has 25 heavy (non-hydrogen) atoms. The van der Waals surface area contributed by atoms with Gasteiger partial charge in [0.25, 0.3) is 5.91 Å². The van der Waals surface area contributed by atoms with Crippen LogP contribution >= 0.6 is 0 Å². The Hall–Kier alpha value is -2.44. The van der Waals surface area contributed by atoms with Gasteiger partial charge in [-0.05, 0) is 36.8 Å².